The van der Waals surface area contributed by atoms with Gasteiger partial charge in [0.15, 0.2) is 4.96 Å². The SMILES string of the molecule is CCc1ccccc1NCc1c(OC)nc2sccn12. The number of fused-ring (bicyclic) bond motifs is 1. The first-order chi connectivity index (χ1) is 9.83. The number of benzene rings is 1. The number of rotatable bonds is 5. The van der Waals surface area contributed by atoms with Crippen molar-refractivity contribution in [3.8, 4) is 5.88 Å². The van der Waals surface area contributed by atoms with Crippen molar-refractivity contribution in [2.75, 3.05) is 12.4 Å². The number of ether oxygens (including phenoxy) is 1. The maximum atomic E-state index is 5.37. The molecular formula is C15H17N3OS. The van der Waals surface area contributed by atoms with E-state index >= 15 is 0 Å². The van der Waals surface area contributed by atoms with Gasteiger partial charge in [-0.05, 0) is 18.1 Å². The third-order valence-electron chi connectivity index (χ3n) is 3.36. The fourth-order valence-corrected chi connectivity index (χ4v) is 3.04. The van der Waals surface area contributed by atoms with Gasteiger partial charge >= 0.3 is 0 Å². The van der Waals surface area contributed by atoms with Gasteiger partial charge in [-0.25, -0.2) is 0 Å². The lowest BCUT2D eigenvalue weighted by Crippen LogP contribution is -2.05. The van der Waals surface area contributed by atoms with Crippen LogP contribution in [0, 0.1) is 0 Å². The summed E-state index contributed by atoms with van der Waals surface area (Å²) in [7, 11) is 1.66. The molecule has 2 heterocycles. The molecule has 0 amide bonds. The molecule has 0 saturated heterocycles. The summed E-state index contributed by atoms with van der Waals surface area (Å²) in [5.74, 6) is 0.693. The summed E-state index contributed by atoms with van der Waals surface area (Å²) in [5, 5.41) is 5.52. The Bertz CT molecular complexity index is 717. The highest BCUT2D eigenvalue weighted by Crippen LogP contribution is 2.24. The van der Waals surface area contributed by atoms with Crippen LogP contribution >= 0.6 is 11.3 Å². The van der Waals surface area contributed by atoms with E-state index in [4.69, 9.17) is 4.74 Å². The van der Waals surface area contributed by atoms with E-state index in [9.17, 15) is 0 Å². The number of methoxy groups -OCH3 is 1. The van der Waals surface area contributed by atoms with E-state index in [1.807, 2.05) is 11.6 Å². The first-order valence-corrected chi connectivity index (χ1v) is 7.51. The van der Waals surface area contributed by atoms with Gasteiger partial charge in [0.05, 0.1) is 13.7 Å². The van der Waals surface area contributed by atoms with Crippen LogP contribution in [0.3, 0.4) is 0 Å². The summed E-state index contributed by atoms with van der Waals surface area (Å²) in [6.45, 7) is 2.86. The normalized spacial score (nSPS) is 10.9. The fourth-order valence-electron chi connectivity index (χ4n) is 2.32. The molecule has 0 aliphatic heterocycles. The Kier molecular flexibility index (Phi) is 3.60. The molecule has 1 N–H and O–H groups in total. The summed E-state index contributed by atoms with van der Waals surface area (Å²) in [6, 6.07) is 8.38. The average molecular weight is 287 g/mol. The van der Waals surface area contributed by atoms with Crippen molar-refractivity contribution < 1.29 is 4.74 Å². The smallest absolute Gasteiger partial charge is 0.238 e. The van der Waals surface area contributed by atoms with Gasteiger partial charge in [0.1, 0.15) is 5.69 Å². The lowest BCUT2D eigenvalue weighted by molar-refractivity contribution is 0.395. The number of hydrogen-bond acceptors (Lipinski definition) is 4. The first kappa shape index (κ1) is 13.0. The van der Waals surface area contributed by atoms with E-state index < -0.39 is 0 Å². The Morgan fingerprint density at radius 3 is 3.00 bits per heavy atom. The summed E-state index contributed by atoms with van der Waals surface area (Å²) in [6.07, 6.45) is 3.04. The van der Waals surface area contributed by atoms with E-state index in [1.165, 1.54) is 11.3 Å². The minimum absolute atomic E-state index is 0.693. The minimum atomic E-state index is 0.693. The zero-order valence-corrected chi connectivity index (χ0v) is 12.4. The molecule has 1 aromatic carbocycles. The van der Waals surface area contributed by atoms with Crippen molar-refractivity contribution in [1.29, 1.82) is 0 Å². The Morgan fingerprint density at radius 1 is 1.35 bits per heavy atom. The molecule has 0 unspecified atom stereocenters. The van der Waals surface area contributed by atoms with E-state index in [1.54, 1.807) is 18.4 Å². The van der Waals surface area contributed by atoms with Crippen LogP contribution in [0.1, 0.15) is 18.2 Å². The lowest BCUT2D eigenvalue weighted by Gasteiger charge is -2.11. The van der Waals surface area contributed by atoms with E-state index in [-0.39, 0.29) is 0 Å². The third-order valence-corrected chi connectivity index (χ3v) is 4.12. The largest absolute Gasteiger partial charge is 0.480 e. The maximum Gasteiger partial charge on any atom is 0.238 e. The van der Waals surface area contributed by atoms with Gasteiger partial charge in [0.25, 0.3) is 0 Å². The zero-order chi connectivity index (χ0) is 13.9. The molecule has 0 fully saturated rings. The van der Waals surface area contributed by atoms with E-state index in [0.717, 1.165) is 17.1 Å². The molecule has 2 aromatic heterocycles. The Balaban J connectivity index is 1.87. The highest BCUT2D eigenvalue weighted by atomic mass is 32.1. The second-order valence-corrected chi connectivity index (χ2v) is 5.36. The predicted molar refractivity (Wildman–Crippen MR) is 82.8 cm³/mol. The molecule has 3 aromatic rings. The summed E-state index contributed by atoms with van der Waals surface area (Å²) in [5.41, 5.74) is 3.54. The molecule has 0 saturated carbocycles. The van der Waals surface area contributed by atoms with Gasteiger partial charge in [0, 0.05) is 17.3 Å². The molecule has 5 heteroatoms. The molecule has 0 aliphatic carbocycles. The van der Waals surface area contributed by atoms with Crippen LogP contribution in [0.2, 0.25) is 0 Å². The lowest BCUT2D eigenvalue weighted by atomic mass is 10.1. The topological polar surface area (TPSA) is 38.6 Å². The van der Waals surface area contributed by atoms with Crippen LogP contribution < -0.4 is 10.1 Å². The summed E-state index contributed by atoms with van der Waals surface area (Å²) >= 11 is 1.61. The molecule has 4 nitrogen and oxygen atoms in total. The number of para-hydroxylation sites is 1. The second-order valence-electron chi connectivity index (χ2n) is 4.49. The maximum absolute atomic E-state index is 5.37. The first-order valence-electron chi connectivity index (χ1n) is 6.63. The van der Waals surface area contributed by atoms with Crippen molar-refractivity contribution in [2.45, 2.75) is 19.9 Å². The monoisotopic (exact) mass is 287 g/mol. The van der Waals surface area contributed by atoms with Crippen molar-refractivity contribution in [1.82, 2.24) is 9.38 Å². The van der Waals surface area contributed by atoms with Crippen molar-refractivity contribution in [3.63, 3.8) is 0 Å². The van der Waals surface area contributed by atoms with Crippen LogP contribution in [0.4, 0.5) is 5.69 Å². The third kappa shape index (κ3) is 2.25. The number of hydrogen-bond donors (Lipinski definition) is 1. The fraction of sp³-hybridized carbons (Fsp3) is 0.267. The number of nitrogens with zero attached hydrogens (tertiary/aromatic N) is 2. The van der Waals surface area contributed by atoms with Crippen LogP contribution in [0.5, 0.6) is 5.88 Å². The van der Waals surface area contributed by atoms with Gasteiger partial charge in [-0.1, -0.05) is 25.1 Å². The molecule has 0 bridgehead atoms. The van der Waals surface area contributed by atoms with Crippen LogP contribution in [-0.4, -0.2) is 16.5 Å². The predicted octanol–water partition coefficient (Wildman–Crippen LogP) is 3.58. The average Bonchev–Trinajstić information content (AvgIpc) is 3.06. The van der Waals surface area contributed by atoms with Gasteiger partial charge in [-0.15, -0.1) is 11.3 Å². The molecule has 104 valence electrons. The molecule has 3 rings (SSSR count). The minimum Gasteiger partial charge on any atom is -0.480 e. The van der Waals surface area contributed by atoms with Gasteiger partial charge < -0.3 is 10.1 Å². The Morgan fingerprint density at radius 2 is 2.20 bits per heavy atom. The number of aryl methyl sites for hydroxylation is 1. The van der Waals surface area contributed by atoms with Crippen LogP contribution in [0.15, 0.2) is 35.8 Å². The number of aromatic nitrogens is 2. The molecule has 0 radical (unpaired) electrons. The highest BCUT2D eigenvalue weighted by Gasteiger charge is 2.13. The van der Waals surface area contributed by atoms with E-state index in [0.29, 0.717) is 12.4 Å². The Labute approximate surface area is 122 Å². The number of nitrogens with one attached hydrogen (secondary N) is 1. The van der Waals surface area contributed by atoms with Crippen LogP contribution in [0.25, 0.3) is 4.96 Å². The van der Waals surface area contributed by atoms with Gasteiger partial charge in [-0.3, -0.25) is 4.40 Å². The Hall–Kier alpha value is -2.01. The number of imidazole rings is 1. The van der Waals surface area contributed by atoms with Crippen LogP contribution in [-0.2, 0) is 13.0 Å². The number of thiazole rings is 1. The van der Waals surface area contributed by atoms with Gasteiger partial charge in [0.2, 0.25) is 5.88 Å². The van der Waals surface area contributed by atoms with Crippen molar-refractivity contribution in [2.24, 2.45) is 0 Å². The molecule has 20 heavy (non-hydrogen) atoms. The zero-order valence-electron chi connectivity index (χ0n) is 11.6. The summed E-state index contributed by atoms with van der Waals surface area (Å²) < 4.78 is 7.44. The van der Waals surface area contributed by atoms with Crippen molar-refractivity contribution in [3.05, 3.63) is 47.1 Å². The molecule has 0 atom stereocenters. The highest BCUT2D eigenvalue weighted by molar-refractivity contribution is 7.15. The quantitative estimate of drug-likeness (QED) is 0.779. The van der Waals surface area contributed by atoms with E-state index in [2.05, 4.69) is 45.9 Å². The standard InChI is InChI=1S/C15H17N3OS/c1-3-11-6-4-5-7-12(11)16-10-13-14(19-2)17-15-18(13)8-9-20-15/h4-9,16H,3,10H2,1-2H3. The second kappa shape index (κ2) is 5.54. The molecule has 0 aliphatic rings. The van der Waals surface area contributed by atoms with Gasteiger partial charge in [-0.2, -0.15) is 4.98 Å². The summed E-state index contributed by atoms with van der Waals surface area (Å²) in [4.78, 5) is 5.43. The molecule has 0 spiro atoms. The molecular weight excluding hydrogens is 270 g/mol. The number of anilines is 1. The van der Waals surface area contributed by atoms with Crippen molar-refractivity contribution >= 4 is 22.0 Å².